The molecule has 0 aliphatic heterocycles. The molecule has 0 fully saturated rings. The maximum atomic E-state index is 12.0. The molecule has 0 bridgehead atoms. The third-order valence-electron chi connectivity index (χ3n) is 3.18. The van der Waals surface area contributed by atoms with Crippen LogP contribution in [0.5, 0.6) is 0 Å². The maximum Gasteiger partial charge on any atom is 0.308 e. The lowest BCUT2D eigenvalue weighted by atomic mass is 10.1. The van der Waals surface area contributed by atoms with Crippen LogP contribution in [0.15, 0.2) is 65.1 Å². The van der Waals surface area contributed by atoms with Crippen LogP contribution in [-0.2, 0) is 6.42 Å². The summed E-state index contributed by atoms with van der Waals surface area (Å²) < 4.78 is 5.40. The molecule has 1 aromatic heterocycles. The van der Waals surface area contributed by atoms with Gasteiger partial charge in [-0.3, -0.25) is 4.79 Å². The highest BCUT2D eigenvalue weighted by Gasteiger charge is 2.15. The predicted octanol–water partition coefficient (Wildman–Crippen LogP) is 2.71. The number of carbonyl (C=O) groups excluding carboxylic acids is 1. The second kappa shape index (κ2) is 6.67. The number of rotatable bonds is 5. The molecule has 0 spiro atoms. The number of carbonyl (C=O) groups is 1. The van der Waals surface area contributed by atoms with E-state index < -0.39 is 0 Å². The highest BCUT2D eigenvalue weighted by Crippen LogP contribution is 2.16. The normalized spacial score (nSPS) is 10.4. The smallest absolute Gasteiger partial charge is 0.308 e. The first-order valence-corrected chi connectivity index (χ1v) is 7.04. The molecule has 1 heterocycles. The van der Waals surface area contributed by atoms with E-state index in [0.29, 0.717) is 12.4 Å². The molecular formula is C17H15N3O2. The van der Waals surface area contributed by atoms with Crippen molar-refractivity contribution in [3.05, 3.63) is 72.1 Å². The molecule has 22 heavy (non-hydrogen) atoms. The maximum absolute atomic E-state index is 12.0. The number of benzene rings is 2. The summed E-state index contributed by atoms with van der Waals surface area (Å²) >= 11 is 0. The van der Waals surface area contributed by atoms with Crippen molar-refractivity contribution in [1.29, 1.82) is 0 Å². The Kier molecular flexibility index (Phi) is 4.25. The van der Waals surface area contributed by atoms with Gasteiger partial charge in [-0.2, -0.15) is 0 Å². The molecule has 1 amide bonds. The van der Waals surface area contributed by atoms with Crippen molar-refractivity contribution in [3.8, 4) is 11.5 Å². The van der Waals surface area contributed by atoms with Gasteiger partial charge in [-0.1, -0.05) is 48.5 Å². The Balaban J connectivity index is 1.58. The molecule has 110 valence electrons. The van der Waals surface area contributed by atoms with Gasteiger partial charge >= 0.3 is 11.8 Å². The summed E-state index contributed by atoms with van der Waals surface area (Å²) in [4.78, 5) is 12.0. The number of amides is 1. The number of nitrogens with one attached hydrogen (secondary N) is 1. The fourth-order valence-corrected chi connectivity index (χ4v) is 2.05. The second-order valence-electron chi connectivity index (χ2n) is 4.77. The minimum Gasteiger partial charge on any atom is -0.412 e. The van der Waals surface area contributed by atoms with Crippen LogP contribution in [0.4, 0.5) is 0 Å². The third kappa shape index (κ3) is 3.38. The van der Waals surface area contributed by atoms with Gasteiger partial charge in [0.1, 0.15) is 0 Å². The van der Waals surface area contributed by atoms with Crippen LogP contribution >= 0.6 is 0 Å². The van der Waals surface area contributed by atoms with Crippen molar-refractivity contribution >= 4 is 5.91 Å². The van der Waals surface area contributed by atoms with Crippen molar-refractivity contribution in [1.82, 2.24) is 15.5 Å². The molecule has 0 saturated carbocycles. The summed E-state index contributed by atoms with van der Waals surface area (Å²) in [6.45, 7) is 0.520. The molecule has 0 aliphatic rings. The molecule has 3 rings (SSSR count). The number of nitrogens with zero attached hydrogens (tertiary/aromatic N) is 2. The summed E-state index contributed by atoms with van der Waals surface area (Å²) in [5.74, 6) is -0.0358. The van der Waals surface area contributed by atoms with Gasteiger partial charge in [0, 0.05) is 12.1 Å². The van der Waals surface area contributed by atoms with Crippen LogP contribution in [-0.4, -0.2) is 22.6 Å². The van der Waals surface area contributed by atoms with Gasteiger partial charge in [-0.15, -0.1) is 10.2 Å². The average Bonchev–Trinajstić information content (AvgIpc) is 3.07. The molecule has 0 radical (unpaired) electrons. The molecular weight excluding hydrogens is 278 g/mol. The lowest BCUT2D eigenvalue weighted by molar-refractivity contribution is 0.0920. The monoisotopic (exact) mass is 293 g/mol. The second-order valence-corrected chi connectivity index (χ2v) is 4.77. The highest BCUT2D eigenvalue weighted by molar-refractivity contribution is 5.89. The summed E-state index contributed by atoms with van der Waals surface area (Å²) in [5, 5.41) is 10.5. The molecule has 2 aromatic carbocycles. The lowest BCUT2D eigenvalue weighted by Gasteiger charge is -2.02. The van der Waals surface area contributed by atoms with Crippen LogP contribution in [0.1, 0.15) is 16.2 Å². The topological polar surface area (TPSA) is 68.0 Å². The van der Waals surface area contributed by atoms with E-state index in [4.69, 9.17) is 4.42 Å². The van der Waals surface area contributed by atoms with Crippen LogP contribution in [0.3, 0.4) is 0 Å². The lowest BCUT2D eigenvalue weighted by Crippen LogP contribution is -2.25. The largest absolute Gasteiger partial charge is 0.412 e. The fraction of sp³-hybridized carbons (Fsp3) is 0.118. The van der Waals surface area contributed by atoms with Gasteiger partial charge in [0.15, 0.2) is 0 Å². The van der Waals surface area contributed by atoms with E-state index in [1.54, 1.807) is 0 Å². The van der Waals surface area contributed by atoms with Crippen LogP contribution in [0.25, 0.3) is 11.5 Å². The van der Waals surface area contributed by atoms with Crippen LogP contribution in [0, 0.1) is 0 Å². The van der Waals surface area contributed by atoms with Gasteiger partial charge < -0.3 is 9.73 Å². The van der Waals surface area contributed by atoms with Crippen molar-refractivity contribution in [2.24, 2.45) is 0 Å². The van der Waals surface area contributed by atoms with E-state index >= 15 is 0 Å². The minimum atomic E-state index is -0.356. The Morgan fingerprint density at radius 3 is 2.36 bits per heavy atom. The van der Waals surface area contributed by atoms with Crippen molar-refractivity contribution in [2.45, 2.75) is 6.42 Å². The molecule has 0 aliphatic carbocycles. The molecule has 0 unspecified atom stereocenters. The standard InChI is InChI=1S/C17H15N3O2/c21-15(18-12-11-13-7-3-1-4-8-13)17-20-19-16(22-17)14-9-5-2-6-10-14/h1-10H,11-12H2,(H,18,21). The molecule has 0 saturated heterocycles. The predicted molar refractivity (Wildman–Crippen MR) is 82.2 cm³/mol. The zero-order valence-corrected chi connectivity index (χ0v) is 11.9. The van der Waals surface area contributed by atoms with Crippen molar-refractivity contribution in [3.63, 3.8) is 0 Å². The third-order valence-corrected chi connectivity index (χ3v) is 3.18. The molecule has 1 N–H and O–H groups in total. The van der Waals surface area contributed by atoms with Crippen molar-refractivity contribution in [2.75, 3.05) is 6.54 Å². The number of hydrogen-bond donors (Lipinski definition) is 1. The Morgan fingerprint density at radius 1 is 0.955 bits per heavy atom. The van der Waals surface area contributed by atoms with Gasteiger partial charge in [0.25, 0.3) is 0 Å². The van der Waals surface area contributed by atoms with Gasteiger partial charge in [-0.05, 0) is 24.1 Å². The molecule has 3 aromatic rings. The first kappa shape index (κ1) is 14.0. The van der Waals surface area contributed by atoms with E-state index in [1.807, 2.05) is 60.7 Å². The Morgan fingerprint density at radius 2 is 1.64 bits per heavy atom. The Hall–Kier alpha value is -2.95. The fourth-order valence-electron chi connectivity index (χ4n) is 2.05. The van der Waals surface area contributed by atoms with Gasteiger partial charge in [0.05, 0.1) is 0 Å². The molecule has 0 atom stereocenters. The summed E-state index contributed by atoms with van der Waals surface area (Å²) in [6.07, 6.45) is 0.756. The van der Waals surface area contributed by atoms with Crippen LogP contribution in [0.2, 0.25) is 0 Å². The summed E-state index contributed by atoms with van der Waals surface area (Å²) in [5.41, 5.74) is 1.96. The quantitative estimate of drug-likeness (QED) is 0.785. The summed E-state index contributed by atoms with van der Waals surface area (Å²) in [6, 6.07) is 19.3. The summed E-state index contributed by atoms with van der Waals surface area (Å²) in [7, 11) is 0. The highest BCUT2D eigenvalue weighted by atomic mass is 16.4. The van der Waals surface area contributed by atoms with Gasteiger partial charge in [-0.25, -0.2) is 0 Å². The van der Waals surface area contributed by atoms with E-state index in [0.717, 1.165) is 12.0 Å². The zero-order chi connectivity index (χ0) is 15.2. The number of hydrogen-bond acceptors (Lipinski definition) is 4. The number of aromatic nitrogens is 2. The zero-order valence-electron chi connectivity index (χ0n) is 11.9. The first-order valence-electron chi connectivity index (χ1n) is 7.04. The van der Waals surface area contributed by atoms with E-state index in [-0.39, 0.29) is 11.8 Å². The molecule has 5 heteroatoms. The van der Waals surface area contributed by atoms with Gasteiger partial charge in [0.2, 0.25) is 5.89 Å². The minimum absolute atomic E-state index is 0.0214. The Labute approximate surface area is 128 Å². The van der Waals surface area contributed by atoms with E-state index in [1.165, 1.54) is 5.56 Å². The van der Waals surface area contributed by atoms with E-state index in [9.17, 15) is 4.79 Å². The average molecular weight is 293 g/mol. The van der Waals surface area contributed by atoms with E-state index in [2.05, 4.69) is 15.5 Å². The van der Waals surface area contributed by atoms with Crippen LogP contribution < -0.4 is 5.32 Å². The SMILES string of the molecule is O=C(NCCc1ccccc1)c1nnc(-c2ccccc2)o1. The molecule has 5 nitrogen and oxygen atoms in total. The van der Waals surface area contributed by atoms with Crippen molar-refractivity contribution < 1.29 is 9.21 Å². The first-order chi connectivity index (χ1) is 10.8. The Bertz CT molecular complexity index is 739.